The zero-order chi connectivity index (χ0) is 22.3. The van der Waals surface area contributed by atoms with Crippen molar-refractivity contribution in [2.24, 2.45) is 5.14 Å². The molecule has 5 rings (SSSR count). The summed E-state index contributed by atoms with van der Waals surface area (Å²) in [6, 6.07) is 13.0. The number of benzene rings is 2. The molecule has 0 radical (unpaired) electrons. The highest BCUT2D eigenvalue weighted by atomic mass is 32.2. The highest BCUT2D eigenvalue weighted by Crippen LogP contribution is 2.33. The van der Waals surface area contributed by atoms with Crippen molar-refractivity contribution in [1.82, 2.24) is 9.97 Å². The molecule has 0 aliphatic carbocycles. The van der Waals surface area contributed by atoms with Crippen molar-refractivity contribution >= 4 is 49.5 Å². The van der Waals surface area contributed by atoms with Crippen molar-refractivity contribution in [3.63, 3.8) is 0 Å². The number of sulfonamides is 1. The molecule has 1 aliphatic rings. The molecule has 0 saturated carbocycles. The minimum atomic E-state index is -3.82. The lowest BCUT2D eigenvalue weighted by molar-refractivity contribution is 0.101. The molecule has 1 aliphatic heterocycles. The number of carbonyl (C=O) groups excluding carboxylic acids is 1. The Kier molecular flexibility index (Phi) is 5.00. The summed E-state index contributed by atoms with van der Waals surface area (Å²) in [7, 11) is -3.82. The number of hydrogen-bond acceptors (Lipinski definition) is 8. The molecule has 10 nitrogen and oxygen atoms in total. The first-order chi connectivity index (χ1) is 15.4. The second-order valence-corrected chi connectivity index (χ2v) is 8.83. The summed E-state index contributed by atoms with van der Waals surface area (Å²) >= 11 is 0. The summed E-state index contributed by atoms with van der Waals surface area (Å²) < 4.78 is 34.3. The Hall–Kier alpha value is -3.54. The van der Waals surface area contributed by atoms with Crippen molar-refractivity contribution < 1.29 is 22.4 Å². The van der Waals surface area contributed by atoms with Gasteiger partial charge in [-0.15, -0.1) is 0 Å². The molecule has 3 N–H and O–H groups in total. The van der Waals surface area contributed by atoms with Crippen molar-refractivity contribution in [3.05, 3.63) is 54.4 Å². The number of morpholine rings is 1. The van der Waals surface area contributed by atoms with E-state index in [1.165, 1.54) is 24.3 Å². The Bertz CT molecular complexity index is 1430. The first-order valence-electron chi connectivity index (χ1n) is 9.86. The van der Waals surface area contributed by atoms with Gasteiger partial charge in [-0.2, -0.15) is 0 Å². The van der Waals surface area contributed by atoms with E-state index in [1.807, 2.05) is 29.2 Å². The van der Waals surface area contributed by atoms with Crippen LogP contribution in [0.25, 0.3) is 22.1 Å². The second kappa shape index (κ2) is 7.86. The highest BCUT2D eigenvalue weighted by Gasteiger charge is 2.24. The lowest BCUT2D eigenvalue weighted by Gasteiger charge is -2.27. The van der Waals surface area contributed by atoms with Gasteiger partial charge >= 0.3 is 0 Å². The molecule has 2 aromatic carbocycles. The fourth-order valence-corrected chi connectivity index (χ4v) is 4.10. The van der Waals surface area contributed by atoms with E-state index in [2.05, 4.69) is 15.3 Å². The van der Waals surface area contributed by atoms with Gasteiger partial charge in [-0.05, 0) is 36.4 Å². The number of ether oxygens (including phenoxy) is 1. The van der Waals surface area contributed by atoms with Crippen LogP contribution in [0.3, 0.4) is 0 Å². The summed E-state index contributed by atoms with van der Waals surface area (Å²) in [5.41, 5.74) is 2.10. The summed E-state index contributed by atoms with van der Waals surface area (Å²) in [4.78, 5) is 23.9. The fourth-order valence-electron chi connectivity index (χ4n) is 3.58. The zero-order valence-electron chi connectivity index (χ0n) is 16.8. The summed E-state index contributed by atoms with van der Waals surface area (Å²) in [5.74, 6) is -0.0275. The van der Waals surface area contributed by atoms with Crippen LogP contribution in [0.2, 0.25) is 0 Å². The third kappa shape index (κ3) is 3.77. The number of nitrogens with one attached hydrogen (secondary N) is 1. The number of carbonyl (C=O) groups is 1. The molecule has 0 atom stereocenters. The number of rotatable bonds is 4. The zero-order valence-corrected chi connectivity index (χ0v) is 17.6. The Labute approximate surface area is 183 Å². The van der Waals surface area contributed by atoms with Crippen molar-refractivity contribution in [3.8, 4) is 0 Å². The molecular formula is C21H19N5O5S. The van der Waals surface area contributed by atoms with E-state index in [-0.39, 0.29) is 10.7 Å². The maximum atomic E-state index is 13.0. The molecule has 0 unspecified atom stereocenters. The van der Waals surface area contributed by atoms with Gasteiger partial charge in [0.15, 0.2) is 11.4 Å². The van der Waals surface area contributed by atoms with Gasteiger partial charge in [0.1, 0.15) is 11.1 Å². The van der Waals surface area contributed by atoms with E-state index in [9.17, 15) is 13.2 Å². The van der Waals surface area contributed by atoms with Gasteiger partial charge in [-0.1, -0.05) is 12.1 Å². The Balaban J connectivity index is 1.55. The molecule has 1 saturated heterocycles. The second-order valence-electron chi connectivity index (χ2n) is 7.27. The fraction of sp³-hybridized carbons (Fsp3) is 0.190. The van der Waals surface area contributed by atoms with E-state index in [0.29, 0.717) is 54.5 Å². The van der Waals surface area contributed by atoms with E-state index < -0.39 is 15.9 Å². The third-order valence-electron chi connectivity index (χ3n) is 5.16. The van der Waals surface area contributed by atoms with Crippen LogP contribution in [-0.2, 0) is 14.8 Å². The van der Waals surface area contributed by atoms with Crippen LogP contribution < -0.4 is 15.4 Å². The molecule has 11 heteroatoms. The van der Waals surface area contributed by atoms with Crippen LogP contribution in [-0.4, -0.2) is 50.6 Å². The minimum Gasteiger partial charge on any atom is -0.450 e. The molecule has 0 spiro atoms. The maximum Gasteiger partial charge on any atom is 0.293 e. The number of aromatic nitrogens is 2. The molecule has 1 fully saturated rings. The first-order valence-corrected chi connectivity index (χ1v) is 11.4. The van der Waals surface area contributed by atoms with Gasteiger partial charge in [0.05, 0.1) is 18.1 Å². The number of nitrogens with two attached hydrogens (primary N) is 1. The number of anilines is 2. The predicted octanol–water partition coefficient (Wildman–Crippen LogP) is 2.11. The van der Waals surface area contributed by atoms with Crippen LogP contribution in [0, 0.1) is 0 Å². The third-order valence-corrected chi connectivity index (χ3v) is 6.09. The van der Waals surface area contributed by atoms with Crippen LogP contribution in [0.5, 0.6) is 0 Å². The number of hydrogen-bond donors (Lipinski definition) is 2. The SMILES string of the molecule is NS(=O)(=O)c1ccc(NC(=O)c2nc(N3CCOCC3)c3oc4ccccc4c3n2)cc1. The van der Waals surface area contributed by atoms with Crippen LogP contribution >= 0.6 is 0 Å². The minimum absolute atomic E-state index is 0.0268. The Morgan fingerprint density at radius 1 is 1.03 bits per heavy atom. The molecule has 3 heterocycles. The average molecular weight is 453 g/mol. The Morgan fingerprint density at radius 2 is 1.75 bits per heavy atom. The van der Waals surface area contributed by atoms with E-state index in [0.717, 1.165) is 5.39 Å². The molecular weight excluding hydrogens is 434 g/mol. The number of furan rings is 1. The smallest absolute Gasteiger partial charge is 0.293 e. The van der Waals surface area contributed by atoms with E-state index in [1.54, 1.807) is 0 Å². The van der Waals surface area contributed by atoms with E-state index in [4.69, 9.17) is 14.3 Å². The van der Waals surface area contributed by atoms with E-state index >= 15 is 0 Å². The molecule has 32 heavy (non-hydrogen) atoms. The standard InChI is InChI=1S/C21H19N5O5S/c22-32(28,29)14-7-5-13(6-8-14)23-21(27)19-24-17-15-3-1-2-4-16(15)31-18(17)20(25-19)26-9-11-30-12-10-26/h1-8H,9-12H2,(H,23,27)(H2,22,28,29). The number of amides is 1. The predicted molar refractivity (Wildman–Crippen MR) is 118 cm³/mol. The van der Waals surface area contributed by atoms with Crippen LogP contribution in [0.4, 0.5) is 11.5 Å². The summed E-state index contributed by atoms with van der Waals surface area (Å²) in [6.07, 6.45) is 0. The highest BCUT2D eigenvalue weighted by molar-refractivity contribution is 7.89. The van der Waals surface area contributed by atoms with Crippen LogP contribution in [0.1, 0.15) is 10.6 Å². The van der Waals surface area contributed by atoms with Crippen molar-refractivity contribution in [1.29, 1.82) is 0 Å². The molecule has 4 aromatic rings. The lowest BCUT2D eigenvalue weighted by Crippen LogP contribution is -2.37. The van der Waals surface area contributed by atoms with Crippen LogP contribution in [0.15, 0.2) is 57.8 Å². The first kappa shape index (κ1) is 20.4. The van der Waals surface area contributed by atoms with Gasteiger partial charge in [-0.3, -0.25) is 4.79 Å². The maximum absolute atomic E-state index is 13.0. The van der Waals surface area contributed by atoms with Gasteiger partial charge < -0.3 is 19.4 Å². The normalized spacial score (nSPS) is 14.7. The monoisotopic (exact) mass is 453 g/mol. The number of fused-ring (bicyclic) bond motifs is 3. The molecule has 2 aromatic heterocycles. The quantitative estimate of drug-likeness (QED) is 0.479. The largest absolute Gasteiger partial charge is 0.450 e. The number of nitrogens with zero attached hydrogens (tertiary/aromatic N) is 3. The molecule has 164 valence electrons. The molecule has 1 amide bonds. The van der Waals surface area contributed by atoms with Gasteiger partial charge in [-0.25, -0.2) is 23.5 Å². The Morgan fingerprint density at radius 3 is 2.47 bits per heavy atom. The van der Waals surface area contributed by atoms with Gasteiger partial charge in [0.2, 0.25) is 15.8 Å². The average Bonchev–Trinajstić information content (AvgIpc) is 3.17. The topological polar surface area (TPSA) is 141 Å². The summed E-state index contributed by atoms with van der Waals surface area (Å²) in [5, 5.41) is 8.60. The number of para-hydroxylation sites is 1. The van der Waals surface area contributed by atoms with Crippen molar-refractivity contribution in [2.75, 3.05) is 36.5 Å². The summed E-state index contributed by atoms with van der Waals surface area (Å²) in [6.45, 7) is 2.31. The lowest BCUT2D eigenvalue weighted by atomic mass is 10.2. The molecule has 0 bridgehead atoms. The van der Waals surface area contributed by atoms with Gasteiger partial charge in [0.25, 0.3) is 5.91 Å². The van der Waals surface area contributed by atoms with Gasteiger partial charge in [0, 0.05) is 24.2 Å². The number of primary sulfonamides is 1. The van der Waals surface area contributed by atoms with Crippen molar-refractivity contribution in [2.45, 2.75) is 4.90 Å².